The summed E-state index contributed by atoms with van der Waals surface area (Å²) >= 11 is 0. The van der Waals surface area contributed by atoms with Gasteiger partial charge in [-0.2, -0.15) is 5.26 Å². The van der Waals surface area contributed by atoms with Gasteiger partial charge in [-0.15, -0.1) is 0 Å². The van der Waals surface area contributed by atoms with E-state index in [2.05, 4.69) is 6.92 Å². The Labute approximate surface area is 163 Å². The molecule has 2 aromatic heterocycles. The van der Waals surface area contributed by atoms with Crippen LogP contribution in [0.1, 0.15) is 47.6 Å². The van der Waals surface area contributed by atoms with Gasteiger partial charge in [0.2, 0.25) is 0 Å². The van der Waals surface area contributed by atoms with Gasteiger partial charge >= 0.3 is 5.97 Å². The summed E-state index contributed by atoms with van der Waals surface area (Å²) in [6.45, 7) is 3.72. The predicted molar refractivity (Wildman–Crippen MR) is 106 cm³/mol. The van der Waals surface area contributed by atoms with Gasteiger partial charge in [0.25, 0.3) is 0 Å². The van der Waals surface area contributed by atoms with Gasteiger partial charge in [0.1, 0.15) is 11.8 Å². The van der Waals surface area contributed by atoms with Crippen molar-refractivity contribution in [2.24, 2.45) is 5.92 Å². The zero-order chi connectivity index (χ0) is 19.7. The van der Waals surface area contributed by atoms with Gasteiger partial charge in [0.15, 0.2) is 6.10 Å². The van der Waals surface area contributed by atoms with Gasteiger partial charge in [-0.25, -0.2) is 9.78 Å². The van der Waals surface area contributed by atoms with Gasteiger partial charge in [-0.1, -0.05) is 25.1 Å². The molecular weight excluding hydrogens is 352 g/mol. The first-order valence-corrected chi connectivity index (χ1v) is 9.33. The molecule has 5 nitrogen and oxygen atoms in total. The van der Waals surface area contributed by atoms with Crippen molar-refractivity contribution in [1.82, 2.24) is 4.98 Å². The Morgan fingerprint density at radius 1 is 1.32 bits per heavy atom. The number of hydrogen-bond donors (Lipinski definition) is 0. The molecule has 5 heteroatoms. The van der Waals surface area contributed by atoms with Crippen LogP contribution in [-0.4, -0.2) is 17.1 Å². The number of pyridine rings is 1. The summed E-state index contributed by atoms with van der Waals surface area (Å²) in [7, 11) is 0. The number of allylic oxidation sites excluding steroid dienone is 1. The third-order valence-corrected chi connectivity index (χ3v) is 4.95. The van der Waals surface area contributed by atoms with Crippen LogP contribution in [0.15, 0.2) is 47.1 Å². The van der Waals surface area contributed by atoms with Crippen LogP contribution >= 0.6 is 0 Å². The predicted octanol–water partition coefficient (Wildman–Crippen LogP) is 5.02. The molecule has 140 valence electrons. The molecule has 2 atom stereocenters. The van der Waals surface area contributed by atoms with Gasteiger partial charge in [0.05, 0.1) is 23.0 Å². The largest absolute Gasteiger partial charge is 0.465 e. The number of benzene rings is 1. The first-order valence-electron chi connectivity index (χ1n) is 9.33. The highest BCUT2D eigenvalue weighted by atomic mass is 16.5. The zero-order valence-corrected chi connectivity index (χ0v) is 15.8. The van der Waals surface area contributed by atoms with Crippen molar-refractivity contribution in [3.63, 3.8) is 0 Å². The number of aromatic nitrogens is 1. The molecule has 0 bridgehead atoms. The van der Waals surface area contributed by atoms with Crippen LogP contribution in [0.5, 0.6) is 0 Å². The highest BCUT2D eigenvalue weighted by molar-refractivity contribution is 6.06. The molecule has 0 saturated heterocycles. The number of nitrogens with zero attached hydrogens (tertiary/aromatic N) is 2. The lowest BCUT2D eigenvalue weighted by molar-refractivity contribution is 0.0436. The van der Waals surface area contributed by atoms with Crippen molar-refractivity contribution in [3.8, 4) is 6.07 Å². The maximum Gasteiger partial charge on any atom is 0.340 e. The number of ether oxygens (including phenoxy) is 1. The van der Waals surface area contributed by atoms with Crippen LogP contribution in [0.3, 0.4) is 0 Å². The van der Waals surface area contributed by atoms with Crippen molar-refractivity contribution >= 4 is 28.5 Å². The number of nitriles is 1. The van der Waals surface area contributed by atoms with E-state index in [-0.39, 0.29) is 0 Å². The van der Waals surface area contributed by atoms with Crippen LogP contribution in [-0.2, 0) is 11.2 Å². The maximum absolute atomic E-state index is 13.0. The lowest BCUT2D eigenvalue weighted by atomic mass is 9.81. The van der Waals surface area contributed by atoms with Crippen molar-refractivity contribution in [2.75, 3.05) is 0 Å². The van der Waals surface area contributed by atoms with Gasteiger partial charge in [-0.05, 0) is 61.1 Å². The van der Waals surface area contributed by atoms with E-state index in [0.29, 0.717) is 11.5 Å². The van der Waals surface area contributed by atoms with E-state index in [4.69, 9.17) is 19.4 Å². The third-order valence-electron chi connectivity index (χ3n) is 4.95. The van der Waals surface area contributed by atoms with Crippen molar-refractivity contribution in [2.45, 2.75) is 32.8 Å². The zero-order valence-electron chi connectivity index (χ0n) is 15.8. The maximum atomic E-state index is 13.0. The van der Waals surface area contributed by atoms with E-state index < -0.39 is 12.1 Å². The van der Waals surface area contributed by atoms with Gasteiger partial charge < -0.3 is 9.15 Å². The van der Waals surface area contributed by atoms with E-state index in [0.717, 1.165) is 46.3 Å². The average Bonchev–Trinajstić information content (AvgIpc) is 3.19. The van der Waals surface area contributed by atoms with Gasteiger partial charge in [0, 0.05) is 5.39 Å². The fourth-order valence-electron chi connectivity index (χ4n) is 3.76. The van der Waals surface area contributed by atoms with Crippen LogP contribution < -0.4 is 0 Å². The molecule has 0 saturated carbocycles. The fourth-order valence-corrected chi connectivity index (χ4v) is 3.76. The Morgan fingerprint density at radius 2 is 2.14 bits per heavy atom. The molecule has 0 fully saturated rings. The smallest absolute Gasteiger partial charge is 0.340 e. The van der Waals surface area contributed by atoms with Crippen LogP contribution in [0, 0.1) is 17.2 Å². The SMILES string of the molecule is C[C@@H]1CC(=Cc2ccco2)c2nc3ccccc3c(C(=O)O[C@H](C)C#N)c2C1. The monoisotopic (exact) mass is 372 g/mol. The van der Waals surface area contributed by atoms with E-state index in [1.807, 2.05) is 48.5 Å². The van der Waals surface area contributed by atoms with Crippen LogP contribution in [0.4, 0.5) is 0 Å². The molecule has 0 spiro atoms. The molecule has 3 aromatic rings. The van der Waals surface area contributed by atoms with Crippen molar-refractivity contribution < 1.29 is 13.9 Å². The van der Waals surface area contributed by atoms with Crippen LogP contribution in [0.2, 0.25) is 0 Å². The summed E-state index contributed by atoms with van der Waals surface area (Å²) in [6, 6.07) is 13.3. The molecule has 0 unspecified atom stereocenters. The summed E-state index contributed by atoms with van der Waals surface area (Å²) in [5, 5.41) is 9.80. The molecular formula is C23H20N2O3. The second-order valence-electron chi connectivity index (χ2n) is 7.21. The van der Waals surface area contributed by atoms with E-state index >= 15 is 0 Å². The second kappa shape index (κ2) is 7.32. The van der Waals surface area contributed by atoms with E-state index in [9.17, 15) is 4.79 Å². The first-order chi connectivity index (χ1) is 13.6. The number of carbonyl (C=O) groups excluding carboxylic acids is 1. The Kier molecular flexibility index (Phi) is 4.70. The second-order valence-corrected chi connectivity index (χ2v) is 7.21. The van der Waals surface area contributed by atoms with Crippen LogP contribution in [0.25, 0.3) is 22.6 Å². The number of rotatable bonds is 3. The molecule has 4 rings (SSSR count). The molecule has 0 N–H and O–H groups in total. The molecule has 0 aliphatic heterocycles. The Hall–Kier alpha value is -3.39. The molecule has 1 aliphatic rings. The molecule has 2 heterocycles. The third kappa shape index (κ3) is 3.29. The van der Waals surface area contributed by atoms with E-state index in [1.165, 1.54) is 0 Å². The summed E-state index contributed by atoms with van der Waals surface area (Å²) in [5.41, 5.74) is 3.98. The number of carbonyl (C=O) groups is 1. The topological polar surface area (TPSA) is 76.1 Å². The Morgan fingerprint density at radius 3 is 2.89 bits per heavy atom. The molecule has 28 heavy (non-hydrogen) atoms. The summed E-state index contributed by atoms with van der Waals surface area (Å²) in [6.07, 6.45) is 4.40. The molecule has 1 aromatic carbocycles. The highest BCUT2D eigenvalue weighted by Crippen LogP contribution is 2.38. The van der Waals surface area contributed by atoms with Crippen molar-refractivity contribution in [3.05, 3.63) is 65.2 Å². The summed E-state index contributed by atoms with van der Waals surface area (Å²) in [5.74, 6) is 0.624. The van der Waals surface area contributed by atoms with Gasteiger partial charge in [-0.3, -0.25) is 0 Å². The number of fused-ring (bicyclic) bond motifs is 2. The highest BCUT2D eigenvalue weighted by Gasteiger charge is 2.29. The molecule has 0 radical (unpaired) electrons. The normalized spacial score (nSPS) is 18.5. The van der Waals surface area contributed by atoms with Crippen molar-refractivity contribution in [1.29, 1.82) is 5.26 Å². The average molecular weight is 372 g/mol. The number of esters is 1. The quantitative estimate of drug-likeness (QED) is 0.603. The van der Waals surface area contributed by atoms with E-state index in [1.54, 1.807) is 13.2 Å². The standard InChI is InChI=1S/C23H20N2O3/c1-14-10-16(12-17-6-5-9-27-17)22-19(11-14)21(23(26)28-15(2)13-24)18-7-3-4-8-20(18)25-22/h3-9,12,14-15H,10-11H2,1-2H3/t14-,15-/m1/s1. The lowest BCUT2D eigenvalue weighted by Gasteiger charge is -2.26. The number of furan rings is 1. The summed E-state index contributed by atoms with van der Waals surface area (Å²) in [4.78, 5) is 17.9. The Balaban J connectivity index is 1.95. The minimum absolute atomic E-state index is 0.344. The molecule has 1 aliphatic carbocycles. The Bertz CT molecular complexity index is 1110. The minimum atomic E-state index is -0.811. The summed E-state index contributed by atoms with van der Waals surface area (Å²) < 4.78 is 10.9. The molecule has 0 amide bonds. The minimum Gasteiger partial charge on any atom is -0.465 e. The number of para-hydroxylation sites is 1. The first kappa shape index (κ1) is 18.0. The number of hydrogen-bond acceptors (Lipinski definition) is 5. The fraction of sp³-hybridized carbons (Fsp3) is 0.261. The lowest BCUT2D eigenvalue weighted by Crippen LogP contribution is -2.21.